The fourth-order valence-electron chi connectivity index (χ4n) is 6.58. The molecule has 2 heteroatoms. The van der Waals surface area contributed by atoms with Crippen LogP contribution in [0.25, 0.3) is 28.0 Å². The summed E-state index contributed by atoms with van der Waals surface area (Å²) >= 11 is 0. The van der Waals surface area contributed by atoms with Gasteiger partial charge in [-0.15, -0.1) is 0 Å². The maximum atomic E-state index is 2.55. The van der Waals surface area contributed by atoms with E-state index in [2.05, 4.69) is 173 Å². The van der Waals surface area contributed by atoms with E-state index in [4.69, 9.17) is 0 Å². The molecule has 0 unspecified atom stereocenters. The largest absolute Gasteiger partial charge is 0.320 e. The van der Waals surface area contributed by atoms with Crippen molar-refractivity contribution in [3.63, 3.8) is 0 Å². The zero-order chi connectivity index (χ0) is 29.2. The number of para-hydroxylation sites is 1. The summed E-state index contributed by atoms with van der Waals surface area (Å²) in [5, 5.41) is 0. The highest BCUT2D eigenvalue weighted by Crippen LogP contribution is 2.39. The molecule has 1 heterocycles. The van der Waals surface area contributed by atoms with Gasteiger partial charge in [0.15, 0.2) is 0 Å². The second-order valence-corrected chi connectivity index (χ2v) is 12.0. The van der Waals surface area contributed by atoms with Gasteiger partial charge < -0.3 is 0 Å². The lowest BCUT2D eigenvalue weighted by molar-refractivity contribution is -0.328. The zero-order valence-corrected chi connectivity index (χ0v) is 25.4. The van der Waals surface area contributed by atoms with Crippen molar-refractivity contribution in [1.29, 1.82) is 0 Å². The lowest BCUT2D eigenvalue weighted by atomic mass is 9.40. The molecule has 1 aliphatic heterocycles. The summed E-state index contributed by atoms with van der Waals surface area (Å²) in [6, 6.07) is 46.3. The van der Waals surface area contributed by atoms with Gasteiger partial charge in [0.25, 0.3) is 0 Å². The standard InChI is InChI=1S/C40H39BN/c1-28(2)34-23-15-24-35(29(3)4)39(34)38-27-41(30(5)42(38)33-21-13-8-14-22-33)40-36(31-17-9-6-10-18-31)25-16-26-37(40)32-19-11-7-12-20-32/h6-29H,1-5H3/q+1. The van der Waals surface area contributed by atoms with Crippen LogP contribution in [0.3, 0.4) is 0 Å². The van der Waals surface area contributed by atoms with E-state index >= 15 is 0 Å². The Morgan fingerprint density at radius 3 is 1.45 bits per heavy atom. The van der Waals surface area contributed by atoms with Crippen molar-refractivity contribution in [3.8, 4) is 22.3 Å². The summed E-state index contributed by atoms with van der Waals surface area (Å²) in [5.41, 5.74) is 14.4. The monoisotopic (exact) mass is 544 g/mol. The van der Waals surface area contributed by atoms with E-state index in [0.717, 1.165) is 0 Å². The topological polar surface area (TPSA) is 3.01 Å². The first kappa shape index (κ1) is 27.7. The van der Waals surface area contributed by atoms with E-state index in [1.54, 1.807) is 0 Å². The van der Waals surface area contributed by atoms with Crippen molar-refractivity contribution in [3.05, 3.63) is 150 Å². The smallest absolute Gasteiger partial charge is 0.172 e. The summed E-state index contributed by atoms with van der Waals surface area (Å²) in [4.78, 5) is 0. The normalized spacial score (nSPS) is 13.3. The minimum Gasteiger partial charge on any atom is -0.172 e. The van der Waals surface area contributed by atoms with Crippen molar-refractivity contribution in [2.24, 2.45) is 0 Å². The third kappa shape index (κ3) is 5.07. The molecule has 0 spiro atoms. The van der Waals surface area contributed by atoms with Crippen molar-refractivity contribution >= 4 is 29.2 Å². The van der Waals surface area contributed by atoms with Gasteiger partial charge in [0.05, 0.1) is 5.56 Å². The average molecular weight is 545 g/mol. The Kier molecular flexibility index (Phi) is 7.81. The number of hydrogen-bond acceptors (Lipinski definition) is 0. The van der Waals surface area contributed by atoms with Gasteiger partial charge in [-0.25, -0.2) is 0 Å². The van der Waals surface area contributed by atoms with E-state index in [-0.39, 0.29) is 6.71 Å². The van der Waals surface area contributed by atoms with E-state index in [1.165, 1.54) is 61.4 Å². The molecule has 206 valence electrons. The maximum Gasteiger partial charge on any atom is 0.320 e. The van der Waals surface area contributed by atoms with Crippen LogP contribution in [0.4, 0.5) is 5.69 Å². The second-order valence-electron chi connectivity index (χ2n) is 12.0. The lowest BCUT2D eigenvalue weighted by Crippen LogP contribution is -2.38. The highest BCUT2D eigenvalue weighted by molar-refractivity contribution is 7.05. The first-order valence-corrected chi connectivity index (χ1v) is 15.2. The Balaban J connectivity index is 1.69. The minimum absolute atomic E-state index is 0.104. The second kappa shape index (κ2) is 11.8. The summed E-state index contributed by atoms with van der Waals surface area (Å²) in [7, 11) is 0. The summed E-state index contributed by atoms with van der Waals surface area (Å²) < 4.78 is 2.52. The average Bonchev–Trinajstić information content (AvgIpc) is 3.37. The highest BCUT2D eigenvalue weighted by atomic mass is 15.0. The van der Waals surface area contributed by atoms with E-state index in [1.807, 2.05) is 0 Å². The van der Waals surface area contributed by atoms with Crippen LogP contribution >= 0.6 is 0 Å². The molecule has 5 aromatic rings. The van der Waals surface area contributed by atoms with Crippen LogP contribution in [0.2, 0.25) is 0 Å². The molecule has 0 amide bonds. The SMILES string of the molecule is CC1=[N+](c2ccccc2)C(c2c(C(C)C)cccc2C(C)C)=CB1c1c(-c2ccccc2)cccc1-c1ccccc1. The molecule has 6 rings (SSSR count). The van der Waals surface area contributed by atoms with Gasteiger partial charge in [-0.05, 0) is 56.7 Å². The highest BCUT2D eigenvalue weighted by Gasteiger charge is 2.42. The molecule has 0 fully saturated rings. The fraction of sp³-hybridized carbons (Fsp3) is 0.175. The molecule has 0 saturated heterocycles. The van der Waals surface area contributed by atoms with E-state index in [9.17, 15) is 0 Å². The van der Waals surface area contributed by atoms with Crippen LogP contribution in [0.15, 0.2) is 133 Å². The predicted molar refractivity (Wildman–Crippen MR) is 182 cm³/mol. The molecule has 0 saturated carbocycles. The van der Waals surface area contributed by atoms with Crippen LogP contribution in [-0.4, -0.2) is 16.9 Å². The Morgan fingerprint density at radius 1 is 0.524 bits per heavy atom. The van der Waals surface area contributed by atoms with Crippen LogP contribution in [0, 0.1) is 0 Å². The summed E-state index contributed by atoms with van der Waals surface area (Å²) in [6.07, 6.45) is 0. The molecule has 42 heavy (non-hydrogen) atoms. The summed E-state index contributed by atoms with van der Waals surface area (Å²) in [5.74, 6) is 3.37. The predicted octanol–water partition coefficient (Wildman–Crippen LogP) is 9.91. The molecular formula is C40H39BN+. The molecule has 5 aromatic carbocycles. The molecular weight excluding hydrogens is 505 g/mol. The van der Waals surface area contributed by atoms with E-state index < -0.39 is 0 Å². The maximum absolute atomic E-state index is 2.55. The number of benzene rings is 5. The molecule has 0 aromatic heterocycles. The van der Waals surface area contributed by atoms with Crippen molar-refractivity contribution in [2.45, 2.75) is 46.5 Å². The lowest BCUT2D eigenvalue weighted by Gasteiger charge is -2.19. The van der Waals surface area contributed by atoms with Gasteiger partial charge in [0, 0.05) is 19.1 Å². The van der Waals surface area contributed by atoms with E-state index in [0.29, 0.717) is 11.8 Å². The molecule has 0 N–H and O–H groups in total. The third-order valence-corrected chi connectivity index (χ3v) is 8.60. The molecule has 0 atom stereocenters. The molecule has 1 nitrogen and oxygen atoms in total. The molecule has 0 radical (unpaired) electrons. The van der Waals surface area contributed by atoms with Crippen molar-refractivity contribution in [1.82, 2.24) is 0 Å². The van der Waals surface area contributed by atoms with Crippen LogP contribution in [0.1, 0.15) is 63.1 Å². The van der Waals surface area contributed by atoms with Gasteiger partial charge >= 0.3 is 6.71 Å². The molecule has 1 aliphatic rings. The number of nitrogens with zero attached hydrogens (tertiary/aromatic N) is 1. The van der Waals surface area contributed by atoms with Crippen molar-refractivity contribution in [2.75, 3.05) is 0 Å². The van der Waals surface area contributed by atoms with Gasteiger partial charge in [0.1, 0.15) is 5.61 Å². The van der Waals surface area contributed by atoms with Gasteiger partial charge in [-0.1, -0.05) is 143 Å². The van der Waals surface area contributed by atoms with Gasteiger partial charge in [-0.3, -0.25) is 0 Å². The quantitative estimate of drug-likeness (QED) is 0.142. The van der Waals surface area contributed by atoms with Crippen molar-refractivity contribution < 1.29 is 4.58 Å². The first-order chi connectivity index (χ1) is 20.5. The first-order valence-electron chi connectivity index (χ1n) is 15.2. The van der Waals surface area contributed by atoms with Gasteiger partial charge in [-0.2, -0.15) is 4.58 Å². The van der Waals surface area contributed by atoms with Crippen LogP contribution in [-0.2, 0) is 0 Å². The molecule has 0 aliphatic carbocycles. The third-order valence-electron chi connectivity index (χ3n) is 8.60. The zero-order valence-electron chi connectivity index (χ0n) is 25.4. The Bertz CT molecular complexity index is 1680. The Labute approximate surface area is 252 Å². The fourth-order valence-corrected chi connectivity index (χ4v) is 6.58. The van der Waals surface area contributed by atoms with Crippen LogP contribution in [0.5, 0.6) is 0 Å². The number of rotatable bonds is 7. The Hall–Kier alpha value is -4.43. The van der Waals surface area contributed by atoms with Crippen LogP contribution < -0.4 is 5.46 Å². The molecule has 0 bridgehead atoms. The summed E-state index contributed by atoms with van der Waals surface area (Å²) in [6.45, 7) is 11.7. The number of hydrogen-bond donors (Lipinski definition) is 0. The van der Waals surface area contributed by atoms with Gasteiger partial charge in [0.2, 0.25) is 11.4 Å². The Morgan fingerprint density at radius 2 is 0.976 bits per heavy atom. The minimum atomic E-state index is 0.104.